The number of esters is 1. The maximum Gasteiger partial charge on any atom is 0.340 e. The van der Waals surface area contributed by atoms with Gasteiger partial charge in [0.25, 0.3) is 0 Å². The maximum atomic E-state index is 11.7. The molecule has 1 saturated heterocycles. The highest BCUT2D eigenvalue weighted by atomic mass is 16.7. The van der Waals surface area contributed by atoms with E-state index in [9.17, 15) is 4.79 Å². The molecule has 1 atom stereocenters. The molecule has 4 nitrogen and oxygen atoms in total. The van der Waals surface area contributed by atoms with E-state index in [-0.39, 0.29) is 0 Å². The van der Waals surface area contributed by atoms with Gasteiger partial charge in [0.2, 0.25) is 5.79 Å². The van der Waals surface area contributed by atoms with Crippen molar-refractivity contribution in [3.8, 4) is 0 Å². The molecule has 1 spiro atoms. The van der Waals surface area contributed by atoms with Crippen molar-refractivity contribution in [2.75, 3.05) is 13.7 Å². The van der Waals surface area contributed by atoms with Gasteiger partial charge in [-0.3, -0.25) is 0 Å². The third-order valence-corrected chi connectivity index (χ3v) is 2.76. The van der Waals surface area contributed by atoms with Crippen molar-refractivity contribution in [3.05, 3.63) is 35.6 Å². The lowest BCUT2D eigenvalue weighted by Crippen LogP contribution is -2.33. The quantitative estimate of drug-likeness (QED) is 0.689. The molecule has 0 bridgehead atoms. The molecule has 0 amide bonds. The molecule has 1 unspecified atom stereocenters. The van der Waals surface area contributed by atoms with Gasteiger partial charge >= 0.3 is 5.97 Å². The van der Waals surface area contributed by atoms with Gasteiger partial charge in [-0.2, -0.15) is 0 Å². The number of methoxy groups -OCH3 is 1. The van der Waals surface area contributed by atoms with Crippen molar-refractivity contribution in [2.24, 2.45) is 0 Å². The second-order valence-corrected chi connectivity index (χ2v) is 4.25. The van der Waals surface area contributed by atoms with Crippen molar-refractivity contribution < 1.29 is 19.0 Å². The predicted molar refractivity (Wildman–Crippen MR) is 62.0 cm³/mol. The summed E-state index contributed by atoms with van der Waals surface area (Å²) in [5, 5.41) is 0. The van der Waals surface area contributed by atoms with Crippen LogP contribution in [-0.2, 0) is 19.0 Å². The van der Waals surface area contributed by atoms with Gasteiger partial charge in [-0.05, 0) is 25.5 Å². The Labute approximate surface area is 101 Å². The van der Waals surface area contributed by atoms with Crippen LogP contribution in [0.1, 0.15) is 19.8 Å². The van der Waals surface area contributed by atoms with Crippen LogP contribution < -0.4 is 0 Å². The molecule has 0 radical (unpaired) electrons. The van der Waals surface area contributed by atoms with Crippen LogP contribution in [0.2, 0.25) is 0 Å². The van der Waals surface area contributed by atoms with E-state index < -0.39 is 11.8 Å². The molecule has 92 valence electrons. The number of hydrogen-bond acceptors (Lipinski definition) is 4. The molecule has 2 aliphatic rings. The zero-order chi connectivity index (χ0) is 12.5. The topological polar surface area (TPSA) is 44.8 Å². The Kier molecular flexibility index (Phi) is 3.07. The molecule has 2 rings (SSSR count). The number of allylic oxidation sites excluding steroid dienone is 3. The molecule has 1 fully saturated rings. The number of hydrogen-bond donors (Lipinski definition) is 0. The van der Waals surface area contributed by atoms with Crippen LogP contribution in [0.5, 0.6) is 0 Å². The van der Waals surface area contributed by atoms with E-state index in [1.807, 2.05) is 6.92 Å². The van der Waals surface area contributed by atoms with Gasteiger partial charge in [0.1, 0.15) is 11.3 Å². The summed E-state index contributed by atoms with van der Waals surface area (Å²) in [5.74, 6) is -0.745. The molecule has 17 heavy (non-hydrogen) atoms. The van der Waals surface area contributed by atoms with Gasteiger partial charge < -0.3 is 14.2 Å². The Balaban J connectivity index is 2.34. The van der Waals surface area contributed by atoms with Crippen molar-refractivity contribution in [2.45, 2.75) is 25.6 Å². The summed E-state index contributed by atoms with van der Waals surface area (Å²) in [6.07, 6.45) is 4.99. The summed E-state index contributed by atoms with van der Waals surface area (Å²) in [4.78, 5) is 11.7. The summed E-state index contributed by atoms with van der Waals surface area (Å²) in [5.41, 5.74) is 1.29. The minimum Gasteiger partial charge on any atom is -0.465 e. The fourth-order valence-electron chi connectivity index (χ4n) is 2.07. The second-order valence-electron chi connectivity index (χ2n) is 4.25. The molecule has 0 saturated carbocycles. The highest BCUT2D eigenvalue weighted by Crippen LogP contribution is 2.42. The third kappa shape index (κ3) is 2.13. The highest BCUT2D eigenvalue weighted by Gasteiger charge is 2.49. The fraction of sp³-hybridized carbons (Fsp3) is 0.462. The van der Waals surface area contributed by atoms with E-state index in [0.717, 1.165) is 12.0 Å². The summed E-state index contributed by atoms with van der Waals surface area (Å²) in [7, 11) is 1.35. The summed E-state index contributed by atoms with van der Waals surface area (Å²) >= 11 is 0. The minimum absolute atomic E-state index is 0.406. The molecule has 4 heteroatoms. The van der Waals surface area contributed by atoms with E-state index in [1.165, 1.54) is 7.11 Å². The predicted octanol–water partition coefficient (Wildman–Crippen LogP) is 2.08. The standard InChI is InChI=1S/C13H16O4/c1-9(2)7-10-8-11(12(14)15-3)13(17-10)5-4-6-16-13/h7-8H,1,4-6H2,2-3H3/b10-7-. The zero-order valence-corrected chi connectivity index (χ0v) is 10.1. The average molecular weight is 236 g/mol. The van der Waals surface area contributed by atoms with E-state index in [2.05, 4.69) is 6.58 Å². The lowest BCUT2D eigenvalue weighted by Gasteiger charge is -2.24. The smallest absolute Gasteiger partial charge is 0.340 e. The third-order valence-electron chi connectivity index (χ3n) is 2.76. The maximum absolute atomic E-state index is 11.7. The molecular formula is C13H16O4. The highest BCUT2D eigenvalue weighted by molar-refractivity contribution is 5.91. The van der Waals surface area contributed by atoms with Crippen molar-refractivity contribution >= 4 is 5.97 Å². The number of ether oxygens (including phenoxy) is 3. The SMILES string of the molecule is C=C(C)/C=C1/C=C(C(=O)OC)C2(CCCO2)O1. The first kappa shape index (κ1) is 11.9. The van der Waals surface area contributed by atoms with Gasteiger partial charge in [0.05, 0.1) is 13.7 Å². The van der Waals surface area contributed by atoms with Gasteiger partial charge in [0, 0.05) is 6.42 Å². The first-order valence-electron chi connectivity index (χ1n) is 5.58. The zero-order valence-electron chi connectivity index (χ0n) is 10.1. The van der Waals surface area contributed by atoms with Crippen LogP contribution in [0.25, 0.3) is 0 Å². The monoisotopic (exact) mass is 236 g/mol. The lowest BCUT2D eigenvalue weighted by molar-refractivity contribution is -0.161. The molecular weight excluding hydrogens is 220 g/mol. The van der Waals surface area contributed by atoms with Crippen LogP contribution in [-0.4, -0.2) is 25.5 Å². The second kappa shape index (κ2) is 4.37. The molecule has 0 aromatic carbocycles. The average Bonchev–Trinajstić information content (AvgIpc) is 2.86. The van der Waals surface area contributed by atoms with E-state index in [0.29, 0.717) is 24.4 Å². The van der Waals surface area contributed by atoms with Crippen molar-refractivity contribution in [1.29, 1.82) is 0 Å². The van der Waals surface area contributed by atoms with E-state index in [1.54, 1.807) is 12.2 Å². The fourth-order valence-corrected chi connectivity index (χ4v) is 2.07. The Morgan fingerprint density at radius 1 is 1.65 bits per heavy atom. The number of carbonyl (C=O) groups excluding carboxylic acids is 1. The Hall–Kier alpha value is -1.55. The first-order valence-corrected chi connectivity index (χ1v) is 5.58. The molecule has 2 heterocycles. The van der Waals surface area contributed by atoms with Crippen LogP contribution in [0.3, 0.4) is 0 Å². The van der Waals surface area contributed by atoms with Gasteiger partial charge in [-0.1, -0.05) is 12.2 Å². The number of carbonyl (C=O) groups is 1. The lowest BCUT2D eigenvalue weighted by atomic mass is 10.0. The Morgan fingerprint density at radius 2 is 2.41 bits per heavy atom. The van der Waals surface area contributed by atoms with Gasteiger partial charge in [-0.25, -0.2) is 4.79 Å². The van der Waals surface area contributed by atoms with Crippen LogP contribution in [0.15, 0.2) is 35.6 Å². The minimum atomic E-state index is -0.936. The molecule has 0 N–H and O–H groups in total. The molecule has 0 aromatic rings. The Bertz CT molecular complexity index is 411. The molecule has 2 aliphatic heterocycles. The normalized spacial score (nSPS) is 29.3. The molecule has 0 aliphatic carbocycles. The van der Waals surface area contributed by atoms with Gasteiger partial charge in [0.15, 0.2) is 0 Å². The summed E-state index contributed by atoms with van der Waals surface area (Å²) in [6.45, 7) is 6.24. The van der Waals surface area contributed by atoms with Gasteiger partial charge in [-0.15, -0.1) is 0 Å². The Morgan fingerprint density at radius 3 is 2.94 bits per heavy atom. The summed E-state index contributed by atoms with van der Waals surface area (Å²) in [6, 6.07) is 0. The summed E-state index contributed by atoms with van der Waals surface area (Å²) < 4.78 is 16.1. The first-order chi connectivity index (χ1) is 8.07. The largest absolute Gasteiger partial charge is 0.465 e. The van der Waals surface area contributed by atoms with E-state index in [4.69, 9.17) is 14.2 Å². The van der Waals surface area contributed by atoms with Crippen LogP contribution >= 0.6 is 0 Å². The van der Waals surface area contributed by atoms with Crippen molar-refractivity contribution in [1.82, 2.24) is 0 Å². The number of rotatable bonds is 2. The molecule has 0 aromatic heterocycles. The van der Waals surface area contributed by atoms with E-state index >= 15 is 0 Å². The van der Waals surface area contributed by atoms with Crippen LogP contribution in [0.4, 0.5) is 0 Å². The van der Waals surface area contributed by atoms with Crippen LogP contribution in [0, 0.1) is 0 Å². The van der Waals surface area contributed by atoms with Crippen molar-refractivity contribution in [3.63, 3.8) is 0 Å².